The Labute approximate surface area is 122 Å². The van der Waals surface area contributed by atoms with Crippen LogP contribution in [0.4, 0.5) is 4.79 Å². The average Bonchev–Trinajstić information content (AvgIpc) is 2.39. The van der Waals surface area contributed by atoms with Crippen LogP contribution in [-0.2, 0) is 33.5 Å². The van der Waals surface area contributed by atoms with Crippen molar-refractivity contribution in [1.82, 2.24) is 0 Å². The maximum Gasteiger partial charge on any atom is 0.513 e. The lowest BCUT2D eigenvalue weighted by Crippen LogP contribution is -2.54. The van der Waals surface area contributed by atoms with Gasteiger partial charge in [0.25, 0.3) is 0 Å². The fraction of sp³-hybridized carbons (Fsp3) is 0.692. The molecular formula is C13H20O8. The molecule has 0 aliphatic carbocycles. The molecule has 0 aromatic carbocycles. The Kier molecular flexibility index (Phi) is 6.13. The largest absolute Gasteiger partial charge is 0.513 e. The van der Waals surface area contributed by atoms with Gasteiger partial charge in [0.2, 0.25) is 0 Å². The summed E-state index contributed by atoms with van der Waals surface area (Å²) in [5, 5.41) is 0. The zero-order chi connectivity index (χ0) is 15.9. The highest BCUT2D eigenvalue weighted by molar-refractivity contribution is 5.81. The van der Waals surface area contributed by atoms with Gasteiger partial charge in [0.1, 0.15) is 12.2 Å². The van der Waals surface area contributed by atoms with E-state index >= 15 is 0 Å². The normalized spacial score (nSPS) is 21.1. The maximum atomic E-state index is 11.7. The van der Waals surface area contributed by atoms with Crippen molar-refractivity contribution in [3.05, 3.63) is 12.7 Å². The number of esters is 1. The minimum atomic E-state index is -1.67. The molecule has 1 heterocycles. The molecule has 0 bridgehead atoms. The smallest absolute Gasteiger partial charge is 0.460 e. The van der Waals surface area contributed by atoms with Crippen LogP contribution < -0.4 is 0 Å². The lowest BCUT2D eigenvalue weighted by molar-refractivity contribution is -0.597. The molecule has 0 saturated carbocycles. The molecule has 8 nitrogen and oxygen atoms in total. The van der Waals surface area contributed by atoms with Crippen LogP contribution >= 0.6 is 0 Å². The molecule has 1 rings (SSSR count). The maximum absolute atomic E-state index is 11.7. The number of ether oxygens (including phenoxy) is 4. The Bertz CT molecular complexity index is 386. The minimum Gasteiger partial charge on any atom is -0.460 e. The summed E-state index contributed by atoms with van der Waals surface area (Å²) in [5.74, 6) is -2.25. The highest BCUT2D eigenvalue weighted by Gasteiger charge is 2.49. The van der Waals surface area contributed by atoms with E-state index in [1.165, 1.54) is 0 Å². The summed E-state index contributed by atoms with van der Waals surface area (Å²) in [6, 6.07) is 0. The molecule has 8 heteroatoms. The van der Waals surface area contributed by atoms with Gasteiger partial charge in [0, 0.05) is 6.08 Å². The summed E-state index contributed by atoms with van der Waals surface area (Å²) in [5.41, 5.74) is -0.664. The Morgan fingerprint density at radius 2 is 2.05 bits per heavy atom. The molecule has 120 valence electrons. The van der Waals surface area contributed by atoms with Gasteiger partial charge in [-0.05, 0) is 20.3 Å². The van der Waals surface area contributed by atoms with Gasteiger partial charge in [-0.25, -0.2) is 14.5 Å². The molecule has 1 aliphatic heterocycles. The van der Waals surface area contributed by atoms with Crippen molar-refractivity contribution in [3.63, 3.8) is 0 Å². The number of carbonyl (C=O) groups is 2. The summed E-state index contributed by atoms with van der Waals surface area (Å²) >= 11 is 0. The zero-order valence-electron chi connectivity index (χ0n) is 12.4. The van der Waals surface area contributed by atoms with Crippen molar-refractivity contribution < 1.29 is 38.3 Å². The zero-order valence-corrected chi connectivity index (χ0v) is 12.4. The third-order valence-corrected chi connectivity index (χ3v) is 2.69. The van der Waals surface area contributed by atoms with Gasteiger partial charge in [0.05, 0.1) is 6.61 Å². The van der Waals surface area contributed by atoms with Crippen LogP contribution in [0.3, 0.4) is 0 Å². The van der Waals surface area contributed by atoms with Gasteiger partial charge < -0.3 is 18.9 Å². The molecule has 0 N–H and O–H groups in total. The highest BCUT2D eigenvalue weighted by atomic mass is 17.3. The molecule has 0 amide bonds. The van der Waals surface area contributed by atoms with Crippen molar-refractivity contribution in [2.24, 2.45) is 0 Å². The van der Waals surface area contributed by atoms with E-state index in [0.29, 0.717) is 6.42 Å². The Balaban J connectivity index is 2.37. The van der Waals surface area contributed by atoms with Crippen molar-refractivity contribution in [2.45, 2.75) is 38.8 Å². The van der Waals surface area contributed by atoms with Gasteiger partial charge >= 0.3 is 18.1 Å². The third-order valence-electron chi connectivity index (χ3n) is 2.69. The topological polar surface area (TPSA) is 89.5 Å². The molecule has 0 radical (unpaired) electrons. The van der Waals surface area contributed by atoms with Gasteiger partial charge in [-0.15, -0.1) is 0 Å². The van der Waals surface area contributed by atoms with Gasteiger partial charge in [-0.1, -0.05) is 13.5 Å². The summed E-state index contributed by atoms with van der Waals surface area (Å²) in [7, 11) is 0. The van der Waals surface area contributed by atoms with Crippen molar-refractivity contribution in [2.75, 3.05) is 19.8 Å². The molecule has 0 aromatic rings. The van der Waals surface area contributed by atoms with Crippen LogP contribution in [0.25, 0.3) is 0 Å². The van der Waals surface area contributed by atoms with Crippen molar-refractivity contribution >= 4 is 12.1 Å². The van der Waals surface area contributed by atoms with E-state index in [0.717, 1.165) is 6.08 Å². The summed E-state index contributed by atoms with van der Waals surface area (Å²) in [4.78, 5) is 31.7. The first-order chi connectivity index (χ1) is 9.82. The first-order valence-corrected chi connectivity index (χ1v) is 6.48. The Morgan fingerprint density at radius 3 is 2.52 bits per heavy atom. The van der Waals surface area contributed by atoms with E-state index in [2.05, 4.69) is 16.4 Å². The van der Waals surface area contributed by atoms with Crippen molar-refractivity contribution in [1.29, 1.82) is 0 Å². The summed E-state index contributed by atoms with van der Waals surface area (Å²) in [6.07, 6.45) is 0.706. The lowest BCUT2D eigenvalue weighted by Gasteiger charge is -2.37. The van der Waals surface area contributed by atoms with E-state index in [1.54, 1.807) is 13.8 Å². The van der Waals surface area contributed by atoms with Crippen LogP contribution in [-0.4, -0.2) is 43.5 Å². The van der Waals surface area contributed by atoms with Crippen LogP contribution in [0.2, 0.25) is 0 Å². The molecule has 1 unspecified atom stereocenters. The number of carbonyl (C=O) groups excluding carboxylic acids is 2. The van der Waals surface area contributed by atoms with E-state index in [9.17, 15) is 9.59 Å². The standard InChI is InChI=1S/C13H20O8/c1-5-10(14)16-7-8-17-13(9-18-21-13)20-11(15)19-12(3,4)6-2/h5H,1,6-9H2,2-4H3. The first kappa shape index (κ1) is 17.4. The molecule has 0 aromatic heterocycles. The average molecular weight is 304 g/mol. The van der Waals surface area contributed by atoms with E-state index in [4.69, 9.17) is 18.9 Å². The SMILES string of the molecule is C=CC(=O)OCCOC1(OC(=O)OC(C)(C)CC)COO1. The van der Waals surface area contributed by atoms with Crippen molar-refractivity contribution in [3.8, 4) is 0 Å². The molecule has 1 aliphatic rings. The van der Waals surface area contributed by atoms with E-state index in [1.807, 2.05) is 6.92 Å². The fourth-order valence-corrected chi connectivity index (χ4v) is 1.14. The molecule has 21 heavy (non-hydrogen) atoms. The van der Waals surface area contributed by atoms with Crippen LogP contribution in [0.5, 0.6) is 0 Å². The van der Waals surface area contributed by atoms with Crippen LogP contribution in [0, 0.1) is 0 Å². The third kappa shape index (κ3) is 5.70. The highest BCUT2D eigenvalue weighted by Crippen LogP contribution is 2.27. The molecule has 1 fully saturated rings. The van der Waals surface area contributed by atoms with E-state index in [-0.39, 0.29) is 19.8 Å². The second kappa shape index (κ2) is 7.39. The molecule has 1 saturated heterocycles. The van der Waals surface area contributed by atoms with Gasteiger partial charge in [-0.2, -0.15) is 4.89 Å². The fourth-order valence-electron chi connectivity index (χ4n) is 1.14. The van der Waals surface area contributed by atoms with Crippen LogP contribution in [0.15, 0.2) is 12.7 Å². The van der Waals surface area contributed by atoms with Gasteiger partial charge in [-0.3, -0.25) is 0 Å². The second-order valence-corrected chi connectivity index (χ2v) is 4.82. The second-order valence-electron chi connectivity index (χ2n) is 4.82. The predicted octanol–water partition coefficient (Wildman–Crippen LogP) is 1.69. The number of hydrogen-bond acceptors (Lipinski definition) is 8. The Hall–Kier alpha value is -1.64. The minimum absolute atomic E-state index is 0.0468. The number of hydrogen-bond donors (Lipinski definition) is 0. The quantitative estimate of drug-likeness (QED) is 0.220. The molecule has 0 spiro atoms. The molecule has 1 atom stereocenters. The monoisotopic (exact) mass is 304 g/mol. The van der Waals surface area contributed by atoms with Gasteiger partial charge in [0.15, 0.2) is 6.61 Å². The molecular weight excluding hydrogens is 284 g/mol. The van der Waals surface area contributed by atoms with E-state index < -0.39 is 23.7 Å². The summed E-state index contributed by atoms with van der Waals surface area (Å²) in [6.45, 7) is 8.41. The van der Waals surface area contributed by atoms with Crippen LogP contribution in [0.1, 0.15) is 27.2 Å². The Morgan fingerprint density at radius 1 is 1.38 bits per heavy atom. The predicted molar refractivity (Wildman–Crippen MR) is 68.8 cm³/mol. The summed E-state index contributed by atoms with van der Waals surface area (Å²) < 4.78 is 20.0. The lowest BCUT2D eigenvalue weighted by atomic mass is 10.1. The number of rotatable bonds is 8. The first-order valence-electron chi connectivity index (χ1n) is 6.48.